The molecule has 144 valence electrons. The quantitative estimate of drug-likeness (QED) is 0.417. The number of fused-ring (bicyclic) bond motifs is 1. The van der Waals surface area contributed by atoms with E-state index in [0.29, 0.717) is 21.6 Å². The van der Waals surface area contributed by atoms with Crippen molar-refractivity contribution in [3.8, 4) is 17.1 Å². The fourth-order valence-corrected chi connectivity index (χ4v) is 3.21. The zero-order valence-electron chi connectivity index (χ0n) is 15.6. The first-order valence-electron chi connectivity index (χ1n) is 9.09. The minimum absolute atomic E-state index is 0.0479. The molecule has 3 aromatic carbocycles. The van der Waals surface area contributed by atoms with E-state index in [4.69, 9.17) is 20.8 Å². The van der Waals surface area contributed by atoms with Crippen molar-refractivity contribution in [3.05, 3.63) is 99.2 Å². The third-order valence-electron chi connectivity index (χ3n) is 4.52. The SMILES string of the molecule is Cc1ccc2c(=O)c(OC(=O)Cc3ccccc3)c(-c3ccc(Cl)cc3)oc2c1. The zero-order chi connectivity index (χ0) is 20.4. The third kappa shape index (κ3) is 4.08. The van der Waals surface area contributed by atoms with Gasteiger partial charge in [-0.1, -0.05) is 48.0 Å². The van der Waals surface area contributed by atoms with Gasteiger partial charge in [0, 0.05) is 10.6 Å². The van der Waals surface area contributed by atoms with E-state index < -0.39 is 11.4 Å². The van der Waals surface area contributed by atoms with Crippen molar-refractivity contribution in [2.75, 3.05) is 0 Å². The van der Waals surface area contributed by atoms with Gasteiger partial charge in [-0.25, -0.2) is 0 Å². The Balaban J connectivity index is 1.82. The van der Waals surface area contributed by atoms with Crippen molar-refractivity contribution in [2.24, 2.45) is 0 Å². The van der Waals surface area contributed by atoms with Gasteiger partial charge >= 0.3 is 5.97 Å². The minimum atomic E-state index is -0.537. The molecule has 4 rings (SSSR count). The molecule has 0 unspecified atom stereocenters. The molecule has 0 aliphatic rings. The Labute approximate surface area is 172 Å². The predicted molar refractivity (Wildman–Crippen MR) is 113 cm³/mol. The largest absolute Gasteiger partial charge is 0.452 e. The van der Waals surface area contributed by atoms with Crippen LogP contribution in [0.5, 0.6) is 5.75 Å². The van der Waals surface area contributed by atoms with E-state index in [2.05, 4.69) is 0 Å². The number of carbonyl (C=O) groups excluding carboxylic acids is 1. The fourth-order valence-electron chi connectivity index (χ4n) is 3.08. The Kier molecular flexibility index (Phi) is 5.19. The summed E-state index contributed by atoms with van der Waals surface area (Å²) in [7, 11) is 0. The van der Waals surface area contributed by atoms with E-state index in [1.54, 1.807) is 36.4 Å². The highest BCUT2D eigenvalue weighted by Gasteiger charge is 2.21. The van der Waals surface area contributed by atoms with Gasteiger partial charge in [0.2, 0.25) is 11.2 Å². The first kappa shape index (κ1) is 19.0. The van der Waals surface area contributed by atoms with Gasteiger partial charge in [-0.15, -0.1) is 0 Å². The molecule has 0 spiro atoms. The number of benzene rings is 3. The summed E-state index contributed by atoms with van der Waals surface area (Å²) in [6.45, 7) is 1.91. The van der Waals surface area contributed by atoms with Crippen LogP contribution in [-0.4, -0.2) is 5.97 Å². The molecule has 0 amide bonds. The van der Waals surface area contributed by atoms with Crippen LogP contribution in [0.4, 0.5) is 0 Å². The van der Waals surface area contributed by atoms with Gasteiger partial charge in [-0.05, 0) is 54.4 Å². The molecule has 0 aliphatic heterocycles. The Morgan fingerprint density at radius 2 is 1.72 bits per heavy atom. The van der Waals surface area contributed by atoms with E-state index in [1.165, 1.54) is 0 Å². The number of carbonyl (C=O) groups is 1. The van der Waals surface area contributed by atoms with Crippen molar-refractivity contribution in [2.45, 2.75) is 13.3 Å². The summed E-state index contributed by atoms with van der Waals surface area (Å²) in [4.78, 5) is 25.7. The van der Waals surface area contributed by atoms with E-state index in [-0.39, 0.29) is 17.9 Å². The molecule has 5 heteroatoms. The van der Waals surface area contributed by atoms with Gasteiger partial charge in [0.1, 0.15) is 5.58 Å². The van der Waals surface area contributed by atoms with Gasteiger partial charge in [0.25, 0.3) is 0 Å². The second-order valence-electron chi connectivity index (χ2n) is 6.73. The van der Waals surface area contributed by atoms with Crippen LogP contribution in [0.15, 0.2) is 82.0 Å². The van der Waals surface area contributed by atoms with Crippen LogP contribution in [0.1, 0.15) is 11.1 Å². The number of hydrogen-bond donors (Lipinski definition) is 0. The maximum atomic E-state index is 13.1. The molecular weight excluding hydrogens is 388 g/mol. The van der Waals surface area contributed by atoms with Crippen LogP contribution in [-0.2, 0) is 11.2 Å². The van der Waals surface area contributed by atoms with E-state index in [9.17, 15) is 9.59 Å². The molecule has 1 heterocycles. The van der Waals surface area contributed by atoms with Gasteiger partial charge in [0.15, 0.2) is 5.76 Å². The van der Waals surface area contributed by atoms with Crippen LogP contribution in [0.3, 0.4) is 0 Å². The Hall–Kier alpha value is -3.37. The van der Waals surface area contributed by atoms with Crippen molar-refractivity contribution in [1.82, 2.24) is 0 Å². The number of esters is 1. The van der Waals surface area contributed by atoms with Crippen molar-refractivity contribution in [1.29, 1.82) is 0 Å². The molecule has 0 saturated carbocycles. The second-order valence-corrected chi connectivity index (χ2v) is 7.17. The summed E-state index contributed by atoms with van der Waals surface area (Å²) < 4.78 is 11.5. The van der Waals surface area contributed by atoms with E-state index >= 15 is 0 Å². The van der Waals surface area contributed by atoms with Gasteiger partial charge in [-0.2, -0.15) is 0 Å². The summed E-state index contributed by atoms with van der Waals surface area (Å²) in [6.07, 6.45) is 0.0479. The summed E-state index contributed by atoms with van der Waals surface area (Å²) >= 11 is 5.98. The van der Waals surface area contributed by atoms with Crippen LogP contribution in [0.2, 0.25) is 5.02 Å². The molecule has 0 saturated heterocycles. The number of rotatable bonds is 4. The van der Waals surface area contributed by atoms with Gasteiger partial charge in [0.05, 0.1) is 11.8 Å². The lowest BCUT2D eigenvalue weighted by molar-refractivity contribution is -0.133. The van der Waals surface area contributed by atoms with Gasteiger partial charge in [-0.3, -0.25) is 9.59 Å². The fraction of sp³-hybridized carbons (Fsp3) is 0.0833. The van der Waals surface area contributed by atoms with Crippen molar-refractivity contribution in [3.63, 3.8) is 0 Å². The summed E-state index contributed by atoms with van der Waals surface area (Å²) in [6, 6.07) is 21.3. The lowest BCUT2D eigenvalue weighted by Crippen LogP contribution is -2.17. The first-order chi connectivity index (χ1) is 14.0. The topological polar surface area (TPSA) is 56.5 Å². The molecule has 29 heavy (non-hydrogen) atoms. The molecule has 0 radical (unpaired) electrons. The number of halogens is 1. The van der Waals surface area contributed by atoms with Gasteiger partial charge < -0.3 is 9.15 Å². The highest BCUT2D eigenvalue weighted by atomic mass is 35.5. The lowest BCUT2D eigenvalue weighted by Gasteiger charge is -2.11. The van der Waals surface area contributed by atoms with E-state index in [1.807, 2.05) is 43.3 Å². The molecule has 0 N–H and O–H groups in total. The average molecular weight is 405 g/mol. The smallest absolute Gasteiger partial charge is 0.315 e. The lowest BCUT2D eigenvalue weighted by atomic mass is 10.1. The normalized spacial score (nSPS) is 10.8. The maximum absolute atomic E-state index is 13.1. The Morgan fingerprint density at radius 1 is 1.00 bits per heavy atom. The third-order valence-corrected chi connectivity index (χ3v) is 4.77. The Morgan fingerprint density at radius 3 is 2.45 bits per heavy atom. The van der Waals surface area contributed by atoms with Crippen LogP contribution in [0, 0.1) is 6.92 Å². The number of aryl methyl sites for hydroxylation is 1. The summed E-state index contributed by atoms with van der Waals surface area (Å²) in [5.74, 6) is -0.457. The average Bonchev–Trinajstić information content (AvgIpc) is 2.71. The summed E-state index contributed by atoms with van der Waals surface area (Å²) in [5, 5.41) is 0.908. The molecule has 0 fully saturated rings. The second kappa shape index (κ2) is 7.94. The summed E-state index contributed by atoms with van der Waals surface area (Å²) in [5.41, 5.74) is 2.39. The molecule has 1 aromatic heterocycles. The first-order valence-corrected chi connectivity index (χ1v) is 9.47. The highest BCUT2D eigenvalue weighted by Crippen LogP contribution is 2.32. The molecule has 0 atom stereocenters. The zero-order valence-corrected chi connectivity index (χ0v) is 16.4. The monoisotopic (exact) mass is 404 g/mol. The van der Waals surface area contributed by atoms with Crippen molar-refractivity contribution >= 4 is 28.5 Å². The van der Waals surface area contributed by atoms with Crippen LogP contribution >= 0.6 is 11.6 Å². The maximum Gasteiger partial charge on any atom is 0.315 e. The molecule has 0 aliphatic carbocycles. The van der Waals surface area contributed by atoms with Crippen molar-refractivity contribution < 1.29 is 13.9 Å². The van der Waals surface area contributed by atoms with Crippen LogP contribution in [0.25, 0.3) is 22.3 Å². The standard InChI is InChI=1S/C24H17ClO4/c1-15-7-12-19-20(13-15)28-23(17-8-10-18(25)11-9-17)24(22(19)27)29-21(26)14-16-5-3-2-4-6-16/h2-13H,14H2,1H3. The van der Waals surface area contributed by atoms with E-state index in [0.717, 1.165) is 11.1 Å². The number of hydrogen-bond acceptors (Lipinski definition) is 4. The predicted octanol–water partition coefficient (Wildman–Crippen LogP) is 5.57. The molecule has 4 nitrogen and oxygen atoms in total. The molecular formula is C24H17ClO4. The molecule has 0 bridgehead atoms. The number of ether oxygens (including phenoxy) is 1. The van der Waals surface area contributed by atoms with Crippen LogP contribution < -0.4 is 10.2 Å². The Bertz CT molecular complexity index is 1240. The molecule has 4 aromatic rings. The minimum Gasteiger partial charge on any atom is -0.452 e. The highest BCUT2D eigenvalue weighted by molar-refractivity contribution is 6.30.